The molecule has 0 aliphatic heterocycles. The van der Waals surface area contributed by atoms with Gasteiger partial charge < -0.3 is 4.74 Å². The van der Waals surface area contributed by atoms with Gasteiger partial charge in [-0.25, -0.2) is 9.78 Å². The molecule has 0 bridgehead atoms. The van der Waals surface area contributed by atoms with Gasteiger partial charge in [-0.2, -0.15) is 13.2 Å². The molecule has 3 rings (SSSR count). The number of fused-ring (bicyclic) bond motifs is 1. The molecule has 0 unspecified atom stereocenters. The van der Waals surface area contributed by atoms with E-state index in [2.05, 4.69) is 4.98 Å². The first-order chi connectivity index (χ1) is 12.2. The number of ether oxygens (including phenoxy) is 1. The number of nitrogens with zero attached hydrogens (tertiary/aromatic N) is 1. The zero-order chi connectivity index (χ0) is 19.1. The largest absolute Gasteiger partial charge is 0.419 e. The summed E-state index contributed by atoms with van der Waals surface area (Å²) < 4.78 is 43.2. The number of hydrogen-bond acceptors (Lipinski definition) is 3. The maximum atomic E-state index is 12.6. The van der Waals surface area contributed by atoms with Crippen LogP contribution in [-0.4, -0.2) is 11.0 Å². The number of aromatic nitrogens is 1. The second-order valence-electron chi connectivity index (χ2n) is 5.48. The Morgan fingerprint density at radius 1 is 1.04 bits per heavy atom. The van der Waals surface area contributed by atoms with E-state index in [1.165, 1.54) is 6.07 Å². The molecule has 0 saturated heterocycles. The lowest BCUT2D eigenvalue weighted by Gasteiger charge is -2.12. The molecule has 2 aromatic carbocycles. The van der Waals surface area contributed by atoms with E-state index < -0.39 is 17.7 Å². The third-order valence-corrected chi connectivity index (χ3v) is 4.21. The summed E-state index contributed by atoms with van der Waals surface area (Å²) in [6.45, 7) is 1.75. The topological polar surface area (TPSA) is 39.2 Å². The molecule has 134 valence electrons. The Balaban J connectivity index is 1.98. The number of carbonyl (C=O) groups is 1. The van der Waals surface area contributed by atoms with Crippen LogP contribution in [0, 0.1) is 6.92 Å². The molecule has 3 nitrogen and oxygen atoms in total. The van der Waals surface area contributed by atoms with Crippen LogP contribution in [0.4, 0.5) is 13.2 Å². The Morgan fingerprint density at radius 3 is 2.31 bits per heavy atom. The minimum Gasteiger partial charge on any atom is -0.419 e. The number of carbonyl (C=O) groups excluding carboxylic acids is 1. The first kappa shape index (κ1) is 18.5. The third kappa shape index (κ3) is 3.61. The van der Waals surface area contributed by atoms with Crippen LogP contribution in [0.5, 0.6) is 5.75 Å². The minimum absolute atomic E-state index is 0.000311. The van der Waals surface area contributed by atoms with Gasteiger partial charge >= 0.3 is 12.1 Å². The SMILES string of the molecule is Cc1ccc2c(Cl)cc(Cl)c(OC(=O)c3ccc(C(F)(F)F)cc3)c2n1. The smallest absolute Gasteiger partial charge is 0.416 e. The highest BCUT2D eigenvalue weighted by Gasteiger charge is 2.30. The Labute approximate surface area is 156 Å². The fourth-order valence-electron chi connectivity index (χ4n) is 2.33. The van der Waals surface area contributed by atoms with Crippen molar-refractivity contribution < 1.29 is 22.7 Å². The summed E-state index contributed by atoms with van der Waals surface area (Å²) in [6.07, 6.45) is -4.49. The summed E-state index contributed by atoms with van der Waals surface area (Å²) in [6, 6.07) is 8.56. The highest BCUT2D eigenvalue weighted by molar-refractivity contribution is 6.39. The second-order valence-corrected chi connectivity index (χ2v) is 6.30. The average molecular weight is 400 g/mol. The molecule has 0 fully saturated rings. The van der Waals surface area contributed by atoms with E-state index in [0.29, 0.717) is 21.6 Å². The molecule has 0 aliphatic carbocycles. The van der Waals surface area contributed by atoms with Crippen LogP contribution in [0.15, 0.2) is 42.5 Å². The van der Waals surface area contributed by atoms with E-state index in [9.17, 15) is 18.0 Å². The van der Waals surface area contributed by atoms with Gasteiger partial charge in [0.15, 0.2) is 5.75 Å². The van der Waals surface area contributed by atoms with Crippen molar-refractivity contribution in [3.63, 3.8) is 0 Å². The molecule has 8 heteroatoms. The molecular weight excluding hydrogens is 390 g/mol. The van der Waals surface area contributed by atoms with Crippen molar-refractivity contribution in [2.45, 2.75) is 13.1 Å². The average Bonchev–Trinajstić information content (AvgIpc) is 2.57. The molecule has 0 atom stereocenters. The lowest BCUT2D eigenvalue weighted by Crippen LogP contribution is -2.11. The van der Waals surface area contributed by atoms with Gasteiger partial charge in [0.25, 0.3) is 0 Å². The van der Waals surface area contributed by atoms with Crippen molar-refractivity contribution in [1.29, 1.82) is 0 Å². The normalized spacial score (nSPS) is 11.6. The Kier molecular flexibility index (Phi) is 4.82. The summed E-state index contributed by atoms with van der Waals surface area (Å²) in [7, 11) is 0. The Morgan fingerprint density at radius 2 is 1.69 bits per heavy atom. The van der Waals surface area contributed by atoms with Gasteiger partial charge in [0.2, 0.25) is 0 Å². The van der Waals surface area contributed by atoms with Crippen molar-refractivity contribution in [2.24, 2.45) is 0 Å². The Hall–Kier alpha value is -2.31. The summed E-state index contributed by atoms with van der Waals surface area (Å²) in [5.74, 6) is -0.854. The van der Waals surface area contributed by atoms with Crippen molar-refractivity contribution >= 4 is 40.1 Å². The van der Waals surface area contributed by atoms with Crippen LogP contribution < -0.4 is 4.74 Å². The van der Waals surface area contributed by atoms with E-state index in [1.54, 1.807) is 19.1 Å². The predicted molar refractivity (Wildman–Crippen MR) is 92.9 cm³/mol. The fourth-order valence-corrected chi connectivity index (χ4v) is 2.89. The molecule has 3 aromatic rings. The number of esters is 1. The van der Waals surface area contributed by atoms with Crippen LogP contribution in [-0.2, 0) is 6.18 Å². The minimum atomic E-state index is -4.49. The molecule has 1 heterocycles. The summed E-state index contributed by atoms with van der Waals surface area (Å²) in [5, 5.41) is 0.949. The van der Waals surface area contributed by atoms with Gasteiger partial charge in [0, 0.05) is 11.1 Å². The van der Waals surface area contributed by atoms with Crippen LogP contribution in [0.1, 0.15) is 21.6 Å². The number of benzene rings is 2. The lowest BCUT2D eigenvalue weighted by molar-refractivity contribution is -0.137. The van der Waals surface area contributed by atoms with Crippen molar-refractivity contribution in [3.05, 3.63) is 69.3 Å². The molecular formula is C18H10Cl2F3NO2. The molecule has 0 aliphatic rings. The maximum Gasteiger partial charge on any atom is 0.416 e. The first-order valence-corrected chi connectivity index (χ1v) is 8.07. The van der Waals surface area contributed by atoms with Gasteiger partial charge in [0.05, 0.1) is 21.2 Å². The Bertz CT molecular complexity index is 1000. The van der Waals surface area contributed by atoms with Gasteiger partial charge in [-0.15, -0.1) is 0 Å². The quantitative estimate of drug-likeness (QED) is 0.386. The van der Waals surface area contributed by atoms with E-state index >= 15 is 0 Å². The van der Waals surface area contributed by atoms with Crippen LogP contribution in [0.3, 0.4) is 0 Å². The second kappa shape index (κ2) is 6.78. The van der Waals surface area contributed by atoms with Crippen molar-refractivity contribution in [3.8, 4) is 5.75 Å². The highest BCUT2D eigenvalue weighted by atomic mass is 35.5. The summed E-state index contributed by atoms with van der Waals surface area (Å²) in [4.78, 5) is 16.6. The molecule has 26 heavy (non-hydrogen) atoms. The number of rotatable bonds is 2. The van der Waals surface area contributed by atoms with Crippen molar-refractivity contribution in [2.75, 3.05) is 0 Å². The molecule has 0 N–H and O–H groups in total. The number of hydrogen-bond donors (Lipinski definition) is 0. The van der Waals surface area contributed by atoms with E-state index in [1.807, 2.05) is 0 Å². The van der Waals surface area contributed by atoms with E-state index in [4.69, 9.17) is 27.9 Å². The number of aryl methyl sites for hydroxylation is 1. The van der Waals surface area contributed by atoms with Gasteiger partial charge in [-0.1, -0.05) is 23.2 Å². The zero-order valence-corrected chi connectivity index (χ0v) is 14.7. The monoisotopic (exact) mass is 399 g/mol. The zero-order valence-electron chi connectivity index (χ0n) is 13.2. The standard InChI is InChI=1S/C18H10Cl2F3NO2/c1-9-2-7-12-13(19)8-14(20)16(15(12)24-9)26-17(25)10-3-5-11(6-4-10)18(21,22)23/h2-8H,1H3. The molecule has 0 amide bonds. The number of alkyl halides is 3. The van der Waals surface area contributed by atoms with Gasteiger partial charge in [-0.05, 0) is 49.4 Å². The summed E-state index contributed by atoms with van der Waals surface area (Å²) >= 11 is 12.3. The highest BCUT2D eigenvalue weighted by Crippen LogP contribution is 2.38. The predicted octanol–water partition coefficient (Wildman–Crippen LogP) is 6.09. The van der Waals surface area contributed by atoms with Crippen molar-refractivity contribution in [1.82, 2.24) is 4.98 Å². The number of pyridine rings is 1. The van der Waals surface area contributed by atoms with E-state index in [0.717, 1.165) is 24.3 Å². The van der Waals surface area contributed by atoms with Gasteiger partial charge in [0.1, 0.15) is 5.52 Å². The fraction of sp³-hybridized carbons (Fsp3) is 0.111. The third-order valence-electron chi connectivity index (χ3n) is 3.62. The number of halogens is 5. The van der Waals surface area contributed by atoms with E-state index in [-0.39, 0.29) is 16.3 Å². The van der Waals surface area contributed by atoms with Crippen LogP contribution in [0.25, 0.3) is 10.9 Å². The molecule has 0 spiro atoms. The summed E-state index contributed by atoms with van der Waals surface area (Å²) in [5.41, 5.74) is 0.0385. The lowest BCUT2D eigenvalue weighted by atomic mass is 10.1. The van der Waals surface area contributed by atoms with Gasteiger partial charge in [-0.3, -0.25) is 0 Å². The van der Waals surface area contributed by atoms with Crippen LogP contribution in [0.2, 0.25) is 10.0 Å². The molecule has 0 saturated carbocycles. The molecule has 1 aromatic heterocycles. The molecule has 0 radical (unpaired) electrons. The maximum absolute atomic E-state index is 12.6. The first-order valence-electron chi connectivity index (χ1n) is 7.31. The van der Waals surface area contributed by atoms with Crippen LogP contribution >= 0.6 is 23.2 Å².